The van der Waals surface area contributed by atoms with Gasteiger partial charge in [-0.05, 0) is 43.2 Å². The molecule has 1 N–H and O–H groups in total. The number of rotatable bonds is 6. The molecule has 0 aliphatic rings. The number of pyridine rings is 1. The van der Waals surface area contributed by atoms with Gasteiger partial charge in [0.15, 0.2) is 0 Å². The maximum atomic E-state index is 12.4. The minimum absolute atomic E-state index is 0.240. The van der Waals surface area contributed by atoms with Gasteiger partial charge < -0.3 is 10.2 Å². The van der Waals surface area contributed by atoms with Crippen LogP contribution in [0.2, 0.25) is 5.02 Å². The number of unbranched alkanes of at least 4 members (excludes halogenated alkanes) is 1. The van der Waals surface area contributed by atoms with E-state index in [4.69, 9.17) is 11.6 Å². The van der Waals surface area contributed by atoms with Gasteiger partial charge in [0, 0.05) is 36.2 Å². The van der Waals surface area contributed by atoms with Crippen molar-refractivity contribution in [3.05, 3.63) is 52.8 Å². The molecule has 0 saturated carbocycles. The van der Waals surface area contributed by atoms with Gasteiger partial charge in [0.25, 0.3) is 5.91 Å². The highest BCUT2D eigenvalue weighted by atomic mass is 35.5. The summed E-state index contributed by atoms with van der Waals surface area (Å²) in [6.07, 6.45) is 3.91. The van der Waals surface area contributed by atoms with Crippen molar-refractivity contribution in [3.8, 4) is 0 Å². The molecule has 5 heteroatoms. The smallest absolute Gasteiger partial charge is 0.274 e. The van der Waals surface area contributed by atoms with Crippen molar-refractivity contribution >= 4 is 28.9 Å². The third-order valence-corrected chi connectivity index (χ3v) is 4.10. The van der Waals surface area contributed by atoms with E-state index in [0.29, 0.717) is 16.4 Å². The van der Waals surface area contributed by atoms with Crippen molar-refractivity contribution in [2.24, 2.45) is 0 Å². The molecular weight excluding hydrogens is 310 g/mol. The van der Waals surface area contributed by atoms with Gasteiger partial charge in [-0.25, -0.2) is 0 Å². The first-order valence-electron chi connectivity index (χ1n) is 7.76. The van der Waals surface area contributed by atoms with Gasteiger partial charge in [0.2, 0.25) is 0 Å². The van der Waals surface area contributed by atoms with Gasteiger partial charge in [-0.2, -0.15) is 0 Å². The van der Waals surface area contributed by atoms with E-state index in [9.17, 15) is 4.79 Å². The van der Waals surface area contributed by atoms with E-state index in [0.717, 1.165) is 30.6 Å². The molecule has 0 aliphatic heterocycles. The second-order valence-electron chi connectivity index (χ2n) is 5.59. The van der Waals surface area contributed by atoms with Crippen molar-refractivity contribution in [2.45, 2.75) is 26.7 Å². The molecule has 23 heavy (non-hydrogen) atoms. The fourth-order valence-corrected chi connectivity index (χ4v) is 2.35. The van der Waals surface area contributed by atoms with Crippen LogP contribution >= 0.6 is 11.6 Å². The minimum Gasteiger partial charge on any atom is -0.374 e. The predicted octanol–water partition coefficient (Wildman–Crippen LogP) is 4.53. The normalized spacial score (nSPS) is 10.4. The Morgan fingerprint density at radius 1 is 1.30 bits per heavy atom. The van der Waals surface area contributed by atoms with E-state index in [1.54, 1.807) is 18.3 Å². The van der Waals surface area contributed by atoms with E-state index in [1.807, 2.05) is 32.2 Å². The number of hydrogen-bond donors (Lipinski definition) is 1. The number of amides is 1. The molecule has 1 amide bonds. The molecule has 0 saturated heterocycles. The molecule has 4 nitrogen and oxygen atoms in total. The van der Waals surface area contributed by atoms with E-state index in [2.05, 4.69) is 22.1 Å². The number of aryl methyl sites for hydroxylation is 1. The topological polar surface area (TPSA) is 45.2 Å². The van der Waals surface area contributed by atoms with E-state index < -0.39 is 0 Å². The maximum absolute atomic E-state index is 12.4. The lowest BCUT2D eigenvalue weighted by atomic mass is 10.2. The Bertz CT molecular complexity index is 688. The zero-order valence-corrected chi connectivity index (χ0v) is 14.5. The Morgan fingerprint density at radius 2 is 2.09 bits per heavy atom. The third kappa shape index (κ3) is 4.70. The summed E-state index contributed by atoms with van der Waals surface area (Å²) in [5.74, 6) is -0.240. The quantitative estimate of drug-likeness (QED) is 0.845. The lowest BCUT2D eigenvalue weighted by Gasteiger charge is -2.19. The van der Waals surface area contributed by atoms with Crippen LogP contribution in [0.15, 0.2) is 36.5 Å². The highest BCUT2D eigenvalue weighted by Gasteiger charge is 2.10. The van der Waals surface area contributed by atoms with Crippen molar-refractivity contribution in [1.82, 2.24) is 4.98 Å². The number of aromatic nitrogens is 1. The van der Waals surface area contributed by atoms with Crippen LogP contribution in [0.4, 0.5) is 11.4 Å². The highest BCUT2D eigenvalue weighted by Crippen LogP contribution is 2.21. The number of nitrogens with one attached hydrogen (secondary N) is 1. The molecule has 0 radical (unpaired) electrons. The van der Waals surface area contributed by atoms with Crippen LogP contribution in [0.5, 0.6) is 0 Å². The van der Waals surface area contributed by atoms with Gasteiger partial charge in [-0.15, -0.1) is 0 Å². The second kappa shape index (κ2) is 7.97. The van der Waals surface area contributed by atoms with Crippen LogP contribution in [0, 0.1) is 6.92 Å². The molecule has 2 aromatic rings. The van der Waals surface area contributed by atoms with Crippen LogP contribution in [0.25, 0.3) is 0 Å². The molecule has 2 rings (SSSR count). The number of carbonyl (C=O) groups excluding carboxylic acids is 1. The Kier molecular flexibility index (Phi) is 5.99. The summed E-state index contributed by atoms with van der Waals surface area (Å²) in [7, 11) is 2.02. The molecule has 1 aromatic carbocycles. The zero-order chi connectivity index (χ0) is 16.8. The summed E-state index contributed by atoms with van der Waals surface area (Å²) in [6, 6.07) is 9.17. The fourth-order valence-electron chi connectivity index (χ4n) is 2.17. The van der Waals surface area contributed by atoms with E-state index >= 15 is 0 Å². The van der Waals surface area contributed by atoms with Gasteiger partial charge in [0.1, 0.15) is 5.69 Å². The number of nitrogens with zero attached hydrogens (tertiary/aromatic N) is 2. The summed E-state index contributed by atoms with van der Waals surface area (Å²) in [6.45, 7) is 5.03. The standard InChI is InChI=1S/C18H22ClN3O/c1-4-5-10-22(3)15-8-9-20-17(12-15)18(23)21-14-7-6-13(2)16(19)11-14/h6-9,11-12H,4-5,10H2,1-3H3,(H,21,23). The van der Waals surface area contributed by atoms with Gasteiger partial charge in [-0.1, -0.05) is 31.0 Å². The number of halogens is 1. The highest BCUT2D eigenvalue weighted by molar-refractivity contribution is 6.31. The van der Waals surface area contributed by atoms with Crippen LogP contribution in [0.1, 0.15) is 35.8 Å². The van der Waals surface area contributed by atoms with Crippen molar-refractivity contribution in [1.29, 1.82) is 0 Å². The lowest BCUT2D eigenvalue weighted by molar-refractivity contribution is 0.102. The SMILES string of the molecule is CCCCN(C)c1ccnc(C(=O)Nc2ccc(C)c(Cl)c2)c1. The number of anilines is 2. The zero-order valence-electron chi connectivity index (χ0n) is 13.8. The number of benzene rings is 1. The van der Waals surface area contributed by atoms with Crippen LogP contribution in [-0.2, 0) is 0 Å². The first kappa shape index (κ1) is 17.3. The van der Waals surface area contributed by atoms with E-state index in [1.165, 1.54) is 0 Å². The average Bonchev–Trinajstić information content (AvgIpc) is 2.56. The first-order chi connectivity index (χ1) is 11.0. The van der Waals surface area contributed by atoms with Crippen LogP contribution in [0.3, 0.4) is 0 Å². The molecule has 0 aliphatic carbocycles. The lowest BCUT2D eigenvalue weighted by Crippen LogP contribution is -2.20. The molecular formula is C18H22ClN3O. The van der Waals surface area contributed by atoms with Gasteiger partial charge in [0.05, 0.1) is 0 Å². The fraction of sp³-hybridized carbons (Fsp3) is 0.333. The summed E-state index contributed by atoms with van der Waals surface area (Å²) in [4.78, 5) is 18.7. The van der Waals surface area contributed by atoms with Gasteiger partial charge >= 0.3 is 0 Å². The van der Waals surface area contributed by atoms with Crippen molar-refractivity contribution in [2.75, 3.05) is 23.8 Å². The van der Waals surface area contributed by atoms with Crippen molar-refractivity contribution < 1.29 is 4.79 Å². The molecule has 0 spiro atoms. The largest absolute Gasteiger partial charge is 0.374 e. The average molecular weight is 332 g/mol. The maximum Gasteiger partial charge on any atom is 0.274 e. The van der Waals surface area contributed by atoms with E-state index in [-0.39, 0.29) is 5.91 Å². The molecule has 122 valence electrons. The Labute approximate surface area is 142 Å². The predicted molar refractivity (Wildman–Crippen MR) is 96.6 cm³/mol. The third-order valence-electron chi connectivity index (χ3n) is 3.69. The first-order valence-corrected chi connectivity index (χ1v) is 8.13. The molecule has 0 atom stereocenters. The Morgan fingerprint density at radius 3 is 2.78 bits per heavy atom. The minimum atomic E-state index is -0.240. The number of carbonyl (C=O) groups is 1. The summed E-state index contributed by atoms with van der Waals surface area (Å²) in [5, 5.41) is 3.46. The number of hydrogen-bond acceptors (Lipinski definition) is 3. The summed E-state index contributed by atoms with van der Waals surface area (Å²) >= 11 is 6.08. The summed E-state index contributed by atoms with van der Waals surface area (Å²) in [5.41, 5.74) is 3.02. The van der Waals surface area contributed by atoms with Crippen molar-refractivity contribution in [3.63, 3.8) is 0 Å². The molecule has 0 bridgehead atoms. The summed E-state index contributed by atoms with van der Waals surface area (Å²) < 4.78 is 0. The molecule has 1 aromatic heterocycles. The van der Waals surface area contributed by atoms with Crippen LogP contribution < -0.4 is 10.2 Å². The Balaban J connectivity index is 2.11. The van der Waals surface area contributed by atoms with Crippen LogP contribution in [-0.4, -0.2) is 24.5 Å². The second-order valence-corrected chi connectivity index (χ2v) is 6.00. The molecule has 1 heterocycles. The molecule has 0 fully saturated rings. The molecule has 0 unspecified atom stereocenters. The monoisotopic (exact) mass is 331 g/mol. The Hall–Kier alpha value is -2.07. The van der Waals surface area contributed by atoms with Gasteiger partial charge in [-0.3, -0.25) is 9.78 Å².